The molecule has 2 atom stereocenters. The number of nitrogens with one attached hydrogen (secondary N) is 1. The minimum atomic E-state index is -1.35. The summed E-state index contributed by atoms with van der Waals surface area (Å²) in [5.74, 6) is -3.37. The van der Waals surface area contributed by atoms with E-state index in [1.807, 2.05) is 0 Å². The van der Waals surface area contributed by atoms with E-state index in [0.29, 0.717) is 36.3 Å². The van der Waals surface area contributed by atoms with Gasteiger partial charge in [-0.25, -0.2) is 9.59 Å². The first-order valence-corrected chi connectivity index (χ1v) is 9.90. The van der Waals surface area contributed by atoms with Crippen LogP contribution in [0.5, 0.6) is 0 Å². The molecule has 30 heavy (non-hydrogen) atoms. The molecule has 0 saturated carbocycles. The first kappa shape index (κ1) is 23.4. The van der Waals surface area contributed by atoms with E-state index >= 15 is 0 Å². The van der Waals surface area contributed by atoms with Crippen LogP contribution in [0.3, 0.4) is 0 Å². The first-order valence-electron chi connectivity index (χ1n) is 9.90. The van der Waals surface area contributed by atoms with E-state index in [2.05, 4.69) is 19.2 Å². The number of hydrogen-bond acceptors (Lipinski definition) is 8. The molecule has 1 fully saturated rings. The normalized spacial score (nSPS) is 22.4. The third kappa shape index (κ3) is 5.01. The Morgan fingerprint density at radius 1 is 0.933 bits per heavy atom. The number of carbonyl (C=O) groups excluding carboxylic acids is 4. The lowest BCUT2D eigenvalue weighted by atomic mass is 9.85. The molecular formula is C21H30N2O7. The SMILES string of the molecule is COC(=O)C1=C(C)NC(C)=C(C(=O)OC)C1C(=O)OCC(=O)N1C[C@H](C)C[C@@H](C)C1. The van der Waals surface area contributed by atoms with Gasteiger partial charge in [0.25, 0.3) is 5.91 Å². The van der Waals surface area contributed by atoms with Gasteiger partial charge in [-0.05, 0) is 32.1 Å². The van der Waals surface area contributed by atoms with E-state index < -0.39 is 30.4 Å². The Balaban J connectivity index is 2.23. The minimum Gasteiger partial charge on any atom is -0.466 e. The summed E-state index contributed by atoms with van der Waals surface area (Å²) in [6.07, 6.45) is 1.04. The topological polar surface area (TPSA) is 111 Å². The predicted octanol–water partition coefficient (Wildman–Crippen LogP) is 1.15. The lowest BCUT2D eigenvalue weighted by Gasteiger charge is -2.35. The summed E-state index contributed by atoms with van der Waals surface area (Å²) >= 11 is 0. The summed E-state index contributed by atoms with van der Waals surface area (Å²) in [4.78, 5) is 51.9. The zero-order valence-electron chi connectivity index (χ0n) is 18.4. The van der Waals surface area contributed by atoms with Crippen molar-refractivity contribution in [3.63, 3.8) is 0 Å². The molecule has 2 rings (SSSR count). The number of hydrogen-bond donors (Lipinski definition) is 1. The fraction of sp³-hybridized carbons (Fsp3) is 0.619. The van der Waals surface area contributed by atoms with E-state index in [4.69, 9.17) is 14.2 Å². The molecule has 0 unspecified atom stereocenters. The molecule has 0 aromatic carbocycles. The van der Waals surface area contributed by atoms with Crippen LogP contribution in [-0.2, 0) is 33.4 Å². The molecule has 9 heteroatoms. The van der Waals surface area contributed by atoms with Gasteiger partial charge < -0.3 is 24.4 Å². The second-order valence-electron chi connectivity index (χ2n) is 7.97. The predicted molar refractivity (Wildman–Crippen MR) is 107 cm³/mol. The fourth-order valence-corrected chi connectivity index (χ4v) is 4.16. The monoisotopic (exact) mass is 422 g/mol. The van der Waals surface area contributed by atoms with Crippen molar-refractivity contribution in [1.82, 2.24) is 10.2 Å². The van der Waals surface area contributed by atoms with Gasteiger partial charge in [-0.1, -0.05) is 13.8 Å². The third-order valence-corrected chi connectivity index (χ3v) is 5.37. The van der Waals surface area contributed by atoms with Gasteiger partial charge in [0.2, 0.25) is 0 Å². The second kappa shape index (κ2) is 9.77. The van der Waals surface area contributed by atoms with Crippen molar-refractivity contribution >= 4 is 23.8 Å². The molecule has 9 nitrogen and oxygen atoms in total. The lowest BCUT2D eigenvalue weighted by Crippen LogP contribution is -2.45. The summed E-state index contributed by atoms with van der Waals surface area (Å²) in [5, 5.41) is 2.90. The zero-order valence-corrected chi connectivity index (χ0v) is 18.4. The number of dihydropyridines is 1. The quantitative estimate of drug-likeness (QED) is 0.519. The number of allylic oxidation sites excluding steroid dienone is 2. The molecule has 2 aliphatic heterocycles. The molecule has 1 saturated heterocycles. The van der Waals surface area contributed by atoms with Gasteiger partial charge in [-0.15, -0.1) is 0 Å². The van der Waals surface area contributed by atoms with Crippen LogP contribution in [0.15, 0.2) is 22.5 Å². The van der Waals surface area contributed by atoms with E-state index in [1.54, 1.807) is 18.7 Å². The van der Waals surface area contributed by atoms with Crippen molar-refractivity contribution in [3.8, 4) is 0 Å². The van der Waals surface area contributed by atoms with Crippen LogP contribution in [0, 0.1) is 17.8 Å². The molecule has 0 aromatic rings. The fourth-order valence-electron chi connectivity index (χ4n) is 4.16. The largest absolute Gasteiger partial charge is 0.466 e. The van der Waals surface area contributed by atoms with Crippen LogP contribution in [0.1, 0.15) is 34.1 Å². The van der Waals surface area contributed by atoms with Crippen molar-refractivity contribution in [2.75, 3.05) is 33.9 Å². The van der Waals surface area contributed by atoms with E-state index in [9.17, 15) is 19.2 Å². The highest BCUT2D eigenvalue weighted by atomic mass is 16.5. The zero-order chi connectivity index (χ0) is 22.6. The van der Waals surface area contributed by atoms with Crippen molar-refractivity contribution in [2.24, 2.45) is 17.8 Å². The molecule has 0 aromatic heterocycles. The highest BCUT2D eigenvalue weighted by Crippen LogP contribution is 2.32. The van der Waals surface area contributed by atoms with Gasteiger partial charge in [-0.2, -0.15) is 0 Å². The van der Waals surface area contributed by atoms with Crippen molar-refractivity contribution < 1.29 is 33.4 Å². The van der Waals surface area contributed by atoms with Crippen LogP contribution in [0.25, 0.3) is 0 Å². The maximum atomic E-state index is 13.0. The van der Waals surface area contributed by atoms with Crippen molar-refractivity contribution in [3.05, 3.63) is 22.5 Å². The summed E-state index contributed by atoms with van der Waals surface area (Å²) in [7, 11) is 2.35. The molecule has 2 aliphatic rings. The maximum Gasteiger partial charge on any atom is 0.336 e. The van der Waals surface area contributed by atoms with Gasteiger partial charge >= 0.3 is 17.9 Å². The Kier molecular flexibility index (Phi) is 7.64. The highest BCUT2D eigenvalue weighted by molar-refractivity contribution is 6.05. The number of amides is 1. The Morgan fingerprint density at radius 3 is 1.83 bits per heavy atom. The number of ether oxygens (including phenoxy) is 3. The molecular weight excluding hydrogens is 392 g/mol. The van der Waals surface area contributed by atoms with Gasteiger partial charge in [0.15, 0.2) is 6.61 Å². The Bertz CT molecular complexity index is 751. The van der Waals surface area contributed by atoms with Crippen LogP contribution in [0.2, 0.25) is 0 Å². The van der Waals surface area contributed by atoms with Crippen LogP contribution in [-0.4, -0.2) is 62.6 Å². The number of piperidine rings is 1. The Morgan fingerprint density at radius 2 is 1.40 bits per heavy atom. The lowest BCUT2D eigenvalue weighted by molar-refractivity contribution is -0.156. The number of carbonyl (C=O) groups is 4. The summed E-state index contributed by atoms with van der Waals surface area (Å²) < 4.78 is 14.8. The average Bonchev–Trinajstić information content (AvgIpc) is 2.69. The second-order valence-corrected chi connectivity index (χ2v) is 7.97. The van der Waals surface area contributed by atoms with E-state index in [1.165, 1.54) is 14.2 Å². The molecule has 1 amide bonds. The third-order valence-electron chi connectivity index (χ3n) is 5.37. The van der Waals surface area contributed by atoms with Gasteiger partial charge in [0, 0.05) is 24.5 Å². The van der Waals surface area contributed by atoms with E-state index in [0.717, 1.165) is 6.42 Å². The molecule has 1 N–H and O–H groups in total. The molecule has 166 valence electrons. The number of rotatable bonds is 5. The van der Waals surface area contributed by atoms with Crippen molar-refractivity contribution in [2.45, 2.75) is 34.1 Å². The van der Waals surface area contributed by atoms with Gasteiger partial charge in [0.05, 0.1) is 25.4 Å². The Hall–Kier alpha value is -2.84. The van der Waals surface area contributed by atoms with Gasteiger partial charge in [0.1, 0.15) is 5.92 Å². The number of likely N-dealkylation sites (tertiary alicyclic amines) is 1. The Labute approximate surface area is 176 Å². The average molecular weight is 422 g/mol. The number of methoxy groups -OCH3 is 2. The molecule has 2 heterocycles. The molecule has 0 spiro atoms. The summed E-state index contributed by atoms with van der Waals surface area (Å²) in [5.41, 5.74) is 0.611. The number of nitrogens with zero attached hydrogens (tertiary/aromatic N) is 1. The summed E-state index contributed by atoms with van der Waals surface area (Å²) in [6, 6.07) is 0. The van der Waals surface area contributed by atoms with Crippen LogP contribution in [0.4, 0.5) is 0 Å². The highest BCUT2D eigenvalue weighted by Gasteiger charge is 2.42. The van der Waals surface area contributed by atoms with E-state index in [-0.39, 0.29) is 17.1 Å². The minimum absolute atomic E-state index is 0.0545. The molecule has 0 aliphatic carbocycles. The standard InChI is InChI=1S/C21H30N2O7/c1-11-7-12(2)9-23(8-11)15(24)10-30-21(27)18-16(19(25)28-5)13(3)22-14(4)17(18)20(26)29-6/h11-12,18,22H,7-10H2,1-6H3/t11-,12-/m1/s1. The maximum absolute atomic E-state index is 13.0. The van der Waals surface area contributed by atoms with Crippen LogP contribution < -0.4 is 5.32 Å². The smallest absolute Gasteiger partial charge is 0.336 e. The molecule has 0 bridgehead atoms. The first-order chi connectivity index (χ1) is 14.1. The molecule has 0 radical (unpaired) electrons. The van der Waals surface area contributed by atoms with Gasteiger partial charge in [-0.3, -0.25) is 9.59 Å². The van der Waals surface area contributed by atoms with Crippen molar-refractivity contribution in [1.29, 1.82) is 0 Å². The van der Waals surface area contributed by atoms with Crippen LogP contribution >= 0.6 is 0 Å². The summed E-state index contributed by atoms with van der Waals surface area (Å²) in [6.45, 7) is 8.06. The number of esters is 3.